The van der Waals surface area contributed by atoms with Crippen molar-refractivity contribution >= 4 is 9.84 Å². The maximum absolute atomic E-state index is 13.4. The van der Waals surface area contributed by atoms with Crippen molar-refractivity contribution in [2.45, 2.75) is 57.3 Å². The second kappa shape index (κ2) is 7.56. The van der Waals surface area contributed by atoms with Gasteiger partial charge in [0, 0.05) is 5.92 Å². The number of hydrogen-bond acceptors (Lipinski definition) is 2. The van der Waals surface area contributed by atoms with E-state index in [4.69, 9.17) is 0 Å². The van der Waals surface area contributed by atoms with Crippen molar-refractivity contribution in [2.75, 3.05) is 5.75 Å². The first kappa shape index (κ1) is 19.2. The molecule has 0 fully saturated rings. The molecule has 2 nitrogen and oxygen atoms in total. The van der Waals surface area contributed by atoms with Crippen LogP contribution in [0.3, 0.4) is 0 Å². The average molecular weight is 371 g/mol. The predicted octanol–water partition coefficient (Wildman–Crippen LogP) is 5.83. The maximum Gasteiger partial charge on any atom is 0.179 e. The fourth-order valence-corrected chi connectivity index (χ4v) is 7.15. The molecule has 0 unspecified atom stereocenters. The Hall–Kier alpha value is -1.61. The maximum atomic E-state index is 13.4. The van der Waals surface area contributed by atoms with E-state index in [0.717, 1.165) is 31.2 Å². The molecule has 0 radical (unpaired) electrons. The largest absolute Gasteiger partial charge is 0.224 e. The average Bonchev–Trinajstić information content (AvgIpc) is 2.73. The van der Waals surface area contributed by atoms with Gasteiger partial charge < -0.3 is 0 Å². The van der Waals surface area contributed by atoms with Crippen LogP contribution in [0.25, 0.3) is 0 Å². The van der Waals surface area contributed by atoms with Crippen molar-refractivity contribution in [3.05, 3.63) is 65.7 Å². The van der Waals surface area contributed by atoms with E-state index >= 15 is 0 Å². The van der Waals surface area contributed by atoms with E-state index in [1.807, 2.05) is 24.3 Å². The number of sulfone groups is 1. The van der Waals surface area contributed by atoms with E-state index in [-0.39, 0.29) is 23.0 Å². The lowest BCUT2D eigenvalue weighted by Gasteiger charge is -2.41. The highest BCUT2D eigenvalue weighted by Crippen LogP contribution is 2.52. The van der Waals surface area contributed by atoms with Gasteiger partial charge in [0.2, 0.25) is 0 Å². The van der Waals surface area contributed by atoms with Gasteiger partial charge in [-0.25, -0.2) is 8.42 Å². The SMILES string of the molecule is CCCC[C@]1(CC)CS(=O)(=O)c2ccccc2[C@@H](c2ccccc2)[C@H]1C. The van der Waals surface area contributed by atoms with Crippen LogP contribution in [0.4, 0.5) is 0 Å². The van der Waals surface area contributed by atoms with Crippen molar-refractivity contribution in [2.24, 2.45) is 11.3 Å². The van der Waals surface area contributed by atoms with E-state index < -0.39 is 9.84 Å². The molecule has 0 aliphatic carbocycles. The van der Waals surface area contributed by atoms with Gasteiger partial charge in [0.1, 0.15) is 0 Å². The van der Waals surface area contributed by atoms with Gasteiger partial charge in [-0.2, -0.15) is 0 Å². The minimum atomic E-state index is -3.30. The van der Waals surface area contributed by atoms with Crippen molar-refractivity contribution < 1.29 is 8.42 Å². The zero-order valence-electron chi connectivity index (χ0n) is 16.1. The number of benzene rings is 2. The summed E-state index contributed by atoms with van der Waals surface area (Å²) in [4.78, 5) is 0.535. The summed E-state index contributed by atoms with van der Waals surface area (Å²) in [6.45, 7) is 6.62. The van der Waals surface area contributed by atoms with Crippen LogP contribution in [0.2, 0.25) is 0 Å². The van der Waals surface area contributed by atoms with Crippen molar-refractivity contribution in [3.8, 4) is 0 Å². The minimum Gasteiger partial charge on any atom is -0.224 e. The lowest BCUT2D eigenvalue weighted by atomic mass is 9.64. The quantitative estimate of drug-likeness (QED) is 0.664. The molecule has 0 saturated carbocycles. The fraction of sp³-hybridized carbons (Fsp3) is 0.478. The summed E-state index contributed by atoms with van der Waals surface area (Å²) in [7, 11) is -3.30. The minimum absolute atomic E-state index is 0.112. The molecule has 1 aliphatic heterocycles. The highest BCUT2D eigenvalue weighted by atomic mass is 32.2. The number of hydrogen-bond donors (Lipinski definition) is 0. The summed E-state index contributed by atoms with van der Waals surface area (Å²) in [5.41, 5.74) is 2.01. The molecule has 3 atom stereocenters. The lowest BCUT2D eigenvalue weighted by Crippen LogP contribution is -2.37. The molecule has 0 aromatic heterocycles. The molecule has 3 rings (SSSR count). The first-order valence-electron chi connectivity index (χ1n) is 9.82. The van der Waals surface area contributed by atoms with Crippen LogP contribution in [0.15, 0.2) is 59.5 Å². The standard InChI is InChI=1S/C23H30O2S/c1-4-6-16-23(5-2)17-26(24,25)21-15-11-10-14-20(21)22(18(23)3)19-12-8-7-9-13-19/h7-15,18,22H,4-6,16-17H2,1-3H3/t18-,22-,23-/m1/s1. The van der Waals surface area contributed by atoms with Gasteiger partial charge in [0.15, 0.2) is 9.84 Å². The lowest BCUT2D eigenvalue weighted by molar-refractivity contribution is 0.160. The zero-order valence-corrected chi connectivity index (χ0v) is 16.9. The molecule has 0 bridgehead atoms. The Morgan fingerprint density at radius 3 is 2.31 bits per heavy atom. The van der Waals surface area contributed by atoms with E-state index in [1.54, 1.807) is 6.07 Å². The van der Waals surface area contributed by atoms with E-state index in [2.05, 4.69) is 45.0 Å². The second-order valence-electron chi connectivity index (χ2n) is 7.79. The van der Waals surface area contributed by atoms with Crippen molar-refractivity contribution in [1.29, 1.82) is 0 Å². The topological polar surface area (TPSA) is 34.1 Å². The van der Waals surface area contributed by atoms with E-state index in [9.17, 15) is 8.42 Å². The molecule has 0 N–H and O–H groups in total. The zero-order chi connectivity index (χ0) is 18.8. The Balaban J connectivity index is 2.25. The molecule has 1 aliphatic rings. The van der Waals surface area contributed by atoms with Crippen LogP contribution in [0.1, 0.15) is 63.5 Å². The molecule has 3 heteroatoms. The molecule has 0 spiro atoms. The monoisotopic (exact) mass is 370 g/mol. The number of unbranched alkanes of at least 4 members (excludes halogenated alkanes) is 1. The summed E-state index contributed by atoms with van der Waals surface area (Å²) in [5, 5.41) is 0. The summed E-state index contributed by atoms with van der Waals surface area (Å²) in [6, 6.07) is 18.1. The summed E-state index contributed by atoms with van der Waals surface area (Å²) in [6.07, 6.45) is 4.03. The first-order valence-corrected chi connectivity index (χ1v) is 11.5. The van der Waals surface area contributed by atoms with Gasteiger partial charge in [-0.3, -0.25) is 0 Å². The van der Waals surface area contributed by atoms with Gasteiger partial charge in [0.25, 0.3) is 0 Å². The van der Waals surface area contributed by atoms with Crippen molar-refractivity contribution in [3.63, 3.8) is 0 Å². The van der Waals surface area contributed by atoms with Gasteiger partial charge in [0.05, 0.1) is 10.6 Å². The molecule has 0 saturated heterocycles. The van der Waals surface area contributed by atoms with Crippen LogP contribution in [0, 0.1) is 11.3 Å². The normalized spacial score (nSPS) is 27.5. The predicted molar refractivity (Wildman–Crippen MR) is 108 cm³/mol. The van der Waals surface area contributed by atoms with Gasteiger partial charge in [-0.15, -0.1) is 0 Å². The highest BCUT2D eigenvalue weighted by Gasteiger charge is 2.47. The molecule has 26 heavy (non-hydrogen) atoms. The van der Waals surface area contributed by atoms with Crippen LogP contribution in [-0.4, -0.2) is 14.2 Å². The third-order valence-electron chi connectivity index (χ3n) is 6.42. The fourth-order valence-electron chi connectivity index (χ4n) is 4.79. The molecule has 2 aromatic rings. The van der Waals surface area contributed by atoms with Crippen molar-refractivity contribution in [1.82, 2.24) is 0 Å². The Labute approximate surface area is 158 Å². The molecule has 2 aromatic carbocycles. The molecular weight excluding hydrogens is 340 g/mol. The summed E-state index contributed by atoms with van der Waals surface area (Å²) >= 11 is 0. The first-order chi connectivity index (χ1) is 12.4. The third kappa shape index (κ3) is 3.34. The summed E-state index contributed by atoms with van der Waals surface area (Å²) in [5.74, 6) is 0.638. The Bertz CT molecular complexity index is 842. The van der Waals surface area contributed by atoms with E-state index in [1.165, 1.54) is 5.56 Å². The highest BCUT2D eigenvalue weighted by molar-refractivity contribution is 7.91. The summed E-state index contributed by atoms with van der Waals surface area (Å²) < 4.78 is 26.7. The van der Waals surface area contributed by atoms with Crippen LogP contribution in [-0.2, 0) is 9.84 Å². The number of fused-ring (bicyclic) bond motifs is 1. The van der Waals surface area contributed by atoms with Gasteiger partial charge in [-0.05, 0) is 41.4 Å². The van der Waals surface area contributed by atoms with Crippen LogP contribution in [0.5, 0.6) is 0 Å². The van der Waals surface area contributed by atoms with Gasteiger partial charge >= 0.3 is 0 Å². The third-order valence-corrected chi connectivity index (χ3v) is 8.42. The van der Waals surface area contributed by atoms with Crippen LogP contribution >= 0.6 is 0 Å². The molecule has 1 heterocycles. The second-order valence-corrected chi connectivity index (χ2v) is 9.75. The Morgan fingerprint density at radius 1 is 1.00 bits per heavy atom. The van der Waals surface area contributed by atoms with Crippen LogP contribution < -0.4 is 0 Å². The van der Waals surface area contributed by atoms with Gasteiger partial charge in [-0.1, -0.05) is 82.1 Å². The number of rotatable bonds is 5. The molecular formula is C23H30O2S. The molecule has 140 valence electrons. The Morgan fingerprint density at radius 2 is 1.65 bits per heavy atom. The smallest absolute Gasteiger partial charge is 0.179 e. The Kier molecular flexibility index (Phi) is 5.57. The molecule has 0 amide bonds. The van der Waals surface area contributed by atoms with E-state index in [0.29, 0.717) is 4.90 Å².